The largest absolute Gasteiger partial charge is 0.490 e. The third kappa shape index (κ3) is 8.53. The summed E-state index contributed by atoms with van der Waals surface area (Å²) in [4.78, 5) is 47.3. The number of aryl methyl sites for hydroxylation is 1. The van der Waals surface area contributed by atoms with E-state index in [9.17, 15) is 22.8 Å². The molecule has 0 atom stereocenters. The van der Waals surface area contributed by atoms with Crippen LogP contribution in [0, 0.1) is 6.92 Å². The average Bonchev–Trinajstić information content (AvgIpc) is 3.41. The van der Waals surface area contributed by atoms with Crippen molar-refractivity contribution in [1.82, 2.24) is 24.8 Å². The van der Waals surface area contributed by atoms with E-state index >= 15 is 0 Å². The number of nitrogens with one attached hydrogen (secondary N) is 3. The van der Waals surface area contributed by atoms with Crippen LogP contribution in [0.4, 0.5) is 19.0 Å². The monoisotopic (exact) mass is 606 g/mol. The van der Waals surface area contributed by atoms with Crippen LogP contribution in [0.2, 0.25) is 0 Å². The molecule has 228 valence electrons. The number of aromatic nitrogens is 4. The van der Waals surface area contributed by atoms with Crippen LogP contribution < -0.4 is 16.2 Å². The lowest BCUT2D eigenvalue weighted by Gasteiger charge is -2.15. The van der Waals surface area contributed by atoms with Gasteiger partial charge in [-0.2, -0.15) is 13.2 Å². The number of pyridine rings is 1. The van der Waals surface area contributed by atoms with Crippen LogP contribution in [0.25, 0.3) is 22.2 Å². The van der Waals surface area contributed by atoms with E-state index in [1.807, 2.05) is 85.9 Å². The number of carboxylic acids is 1. The van der Waals surface area contributed by atoms with Gasteiger partial charge in [-0.3, -0.25) is 19.1 Å². The number of nitrogens with zero attached hydrogens (tertiary/aromatic N) is 3. The second-order valence-corrected chi connectivity index (χ2v) is 9.70. The summed E-state index contributed by atoms with van der Waals surface area (Å²) in [7, 11) is 0. The molecular weight excluding hydrogens is 577 g/mol. The third-order valence-corrected chi connectivity index (χ3v) is 6.39. The molecular formula is C31H29F3N6O4. The van der Waals surface area contributed by atoms with Gasteiger partial charge in [0.05, 0.1) is 18.4 Å². The number of fused-ring (bicyclic) bond motifs is 1. The van der Waals surface area contributed by atoms with Crippen LogP contribution in [0.15, 0.2) is 90.0 Å². The van der Waals surface area contributed by atoms with E-state index in [1.165, 1.54) is 10.1 Å². The molecule has 5 aromatic rings. The van der Waals surface area contributed by atoms with Gasteiger partial charge in [0.1, 0.15) is 6.54 Å². The van der Waals surface area contributed by atoms with Crippen molar-refractivity contribution < 1.29 is 27.9 Å². The summed E-state index contributed by atoms with van der Waals surface area (Å²) in [6.07, 6.45) is -0.883. The van der Waals surface area contributed by atoms with Gasteiger partial charge in [-0.15, -0.1) is 0 Å². The number of benzene rings is 2. The van der Waals surface area contributed by atoms with Gasteiger partial charge in [0.15, 0.2) is 5.82 Å². The third-order valence-electron chi connectivity index (χ3n) is 6.39. The highest BCUT2D eigenvalue weighted by atomic mass is 19.4. The quantitative estimate of drug-likeness (QED) is 0.191. The Morgan fingerprint density at radius 2 is 1.64 bits per heavy atom. The Kier molecular flexibility index (Phi) is 10.1. The molecule has 4 N–H and O–H groups in total. The van der Waals surface area contributed by atoms with Crippen molar-refractivity contribution in [1.29, 1.82) is 0 Å². The summed E-state index contributed by atoms with van der Waals surface area (Å²) in [6.45, 7) is 2.68. The fourth-order valence-electron chi connectivity index (χ4n) is 4.25. The summed E-state index contributed by atoms with van der Waals surface area (Å²) in [5, 5.41) is 14.2. The first-order valence-electron chi connectivity index (χ1n) is 13.5. The predicted molar refractivity (Wildman–Crippen MR) is 159 cm³/mol. The SMILES string of the molecule is Cc1cc2[nH]c(CNC(=O)Cn3c(-c4ccccc4)cnc(NCCc4ccccc4)c3=O)cc2cn1.O=C(O)C(F)(F)F. The van der Waals surface area contributed by atoms with Crippen molar-refractivity contribution >= 4 is 28.6 Å². The Hall–Kier alpha value is -5.46. The zero-order chi connectivity index (χ0) is 31.7. The Labute approximate surface area is 249 Å². The molecule has 3 heterocycles. The highest BCUT2D eigenvalue weighted by molar-refractivity contribution is 5.80. The number of amides is 1. The number of aliphatic carboxylic acids is 1. The topological polar surface area (TPSA) is 142 Å². The molecule has 0 saturated heterocycles. The van der Waals surface area contributed by atoms with E-state index in [0.29, 0.717) is 18.8 Å². The van der Waals surface area contributed by atoms with Crippen LogP contribution in [0.3, 0.4) is 0 Å². The molecule has 13 heteroatoms. The van der Waals surface area contributed by atoms with Gasteiger partial charge in [0.2, 0.25) is 5.91 Å². The zero-order valence-corrected chi connectivity index (χ0v) is 23.6. The van der Waals surface area contributed by atoms with Crippen molar-refractivity contribution in [2.75, 3.05) is 11.9 Å². The number of aromatic amines is 1. The molecule has 0 radical (unpaired) electrons. The molecule has 3 aromatic heterocycles. The molecule has 0 aliphatic heterocycles. The molecule has 0 fully saturated rings. The summed E-state index contributed by atoms with van der Waals surface area (Å²) in [5.74, 6) is -2.80. The molecule has 0 spiro atoms. The maximum absolute atomic E-state index is 13.4. The van der Waals surface area contributed by atoms with Crippen molar-refractivity contribution in [2.24, 2.45) is 0 Å². The minimum Gasteiger partial charge on any atom is -0.475 e. The molecule has 0 aliphatic rings. The standard InChI is InChI=1S/C29H28N6O2.C2HF3O2/c1-20-14-25-23(16-31-20)15-24(34-25)17-32-27(36)19-35-26(22-10-6-3-7-11-22)18-33-28(29(35)37)30-13-12-21-8-4-2-5-9-21;3-2(4,5)1(6)7/h2-11,14-16,18,34H,12-13,17,19H2,1H3,(H,30,33)(H,32,36);(H,6,7). The number of carbonyl (C=O) groups is 2. The van der Waals surface area contributed by atoms with Gasteiger partial charge < -0.3 is 20.7 Å². The van der Waals surface area contributed by atoms with Crippen molar-refractivity contribution in [2.45, 2.75) is 32.6 Å². The van der Waals surface area contributed by atoms with Crippen molar-refractivity contribution in [3.63, 3.8) is 0 Å². The summed E-state index contributed by atoms with van der Waals surface area (Å²) in [5.41, 5.74) is 4.98. The lowest BCUT2D eigenvalue weighted by Crippen LogP contribution is -2.34. The van der Waals surface area contributed by atoms with E-state index < -0.39 is 12.1 Å². The molecule has 1 amide bonds. The maximum atomic E-state index is 13.4. The normalized spacial score (nSPS) is 11.0. The van der Waals surface area contributed by atoms with Crippen LogP contribution in [-0.4, -0.2) is 49.2 Å². The lowest BCUT2D eigenvalue weighted by atomic mass is 10.1. The predicted octanol–water partition coefficient (Wildman–Crippen LogP) is 4.70. The number of halogens is 3. The first-order valence-corrected chi connectivity index (χ1v) is 13.5. The van der Waals surface area contributed by atoms with E-state index in [0.717, 1.165) is 34.3 Å². The number of carbonyl (C=O) groups excluding carboxylic acids is 1. The number of anilines is 1. The highest BCUT2D eigenvalue weighted by Gasteiger charge is 2.38. The molecule has 0 aliphatic carbocycles. The van der Waals surface area contributed by atoms with Gasteiger partial charge in [-0.1, -0.05) is 60.7 Å². The van der Waals surface area contributed by atoms with Crippen LogP contribution in [0.1, 0.15) is 17.0 Å². The molecule has 2 aromatic carbocycles. The Balaban J connectivity index is 0.000000566. The minimum absolute atomic E-state index is 0.125. The number of hydrogen-bond acceptors (Lipinski definition) is 6. The number of H-pyrrole nitrogens is 1. The summed E-state index contributed by atoms with van der Waals surface area (Å²) < 4.78 is 33.2. The zero-order valence-electron chi connectivity index (χ0n) is 23.6. The number of alkyl halides is 3. The van der Waals surface area contributed by atoms with Crippen molar-refractivity contribution in [3.05, 3.63) is 112 Å². The fraction of sp³-hybridized carbons (Fsp3) is 0.194. The molecule has 0 unspecified atom stereocenters. The molecule has 44 heavy (non-hydrogen) atoms. The smallest absolute Gasteiger partial charge is 0.475 e. The fourth-order valence-corrected chi connectivity index (χ4v) is 4.25. The molecule has 0 bridgehead atoms. The van der Waals surface area contributed by atoms with E-state index in [1.54, 1.807) is 6.20 Å². The number of hydrogen-bond donors (Lipinski definition) is 4. The van der Waals surface area contributed by atoms with Crippen molar-refractivity contribution in [3.8, 4) is 11.3 Å². The Morgan fingerprint density at radius 3 is 2.30 bits per heavy atom. The maximum Gasteiger partial charge on any atom is 0.490 e. The van der Waals surface area contributed by atoms with Gasteiger partial charge in [-0.05, 0) is 36.6 Å². The Morgan fingerprint density at radius 1 is 0.977 bits per heavy atom. The summed E-state index contributed by atoms with van der Waals surface area (Å²) >= 11 is 0. The Bertz CT molecular complexity index is 1790. The van der Waals surface area contributed by atoms with Gasteiger partial charge in [0, 0.05) is 35.0 Å². The lowest BCUT2D eigenvalue weighted by molar-refractivity contribution is -0.192. The van der Waals surface area contributed by atoms with Gasteiger partial charge >= 0.3 is 12.1 Å². The molecule has 10 nitrogen and oxygen atoms in total. The molecule has 5 rings (SSSR count). The summed E-state index contributed by atoms with van der Waals surface area (Å²) in [6, 6.07) is 23.4. The first-order chi connectivity index (χ1) is 21.0. The number of carboxylic acid groups (broad SMARTS) is 1. The second-order valence-electron chi connectivity index (χ2n) is 9.70. The van der Waals surface area contributed by atoms with Gasteiger partial charge in [0.25, 0.3) is 5.56 Å². The first kappa shape index (κ1) is 31.5. The highest BCUT2D eigenvalue weighted by Crippen LogP contribution is 2.18. The molecule has 0 saturated carbocycles. The van der Waals surface area contributed by atoms with E-state index in [-0.39, 0.29) is 23.8 Å². The van der Waals surface area contributed by atoms with E-state index in [2.05, 4.69) is 25.6 Å². The van der Waals surface area contributed by atoms with Crippen LogP contribution >= 0.6 is 0 Å². The second kappa shape index (κ2) is 14.1. The van der Waals surface area contributed by atoms with Crippen LogP contribution in [0.5, 0.6) is 0 Å². The van der Waals surface area contributed by atoms with Gasteiger partial charge in [-0.25, -0.2) is 9.78 Å². The minimum atomic E-state index is -5.08. The van der Waals surface area contributed by atoms with Crippen LogP contribution in [-0.2, 0) is 29.1 Å². The number of rotatable bonds is 9. The van der Waals surface area contributed by atoms with E-state index in [4.69, 9.17) is 9.90 Å². The average molecular weight is 607 g/mol.